The summed E-state index contributed by atoms with van der Waals surface area (Å²) < 4.78 is 0. The lowest BCUT2D eigenvalue weighted by Crippen LogP contribution is -2.41. The second kappa shape index (κ2) is 2.23. The van der Waals surface area contributed by atoms with Crippen LogP contribution < -0.4 is 0 Å². The Bertz CT molecular complexity index is 383. The Morgan fingerprint density at radius 3 is 3.07 bits per heavy atom. The van der Waals surface area contributed by atoms with Crippen LogP contribution in [0.4, 0.5) is 0 Å². The van der Waals surface area contributed by atoms with Crippen molar-refractivity contribution in [2.24, 2.45) is 28.6 Å². The van der Waals surface area contributed by atoms with Crippen molar-refractivity contribution in [3.8, 4) is 0 Å². The highest BCUT2D eigenvalue weighted by Crippen LogP contribution is 2.73. The van der Waals surface area contributed by atoms with Gasteiger partial charge in [0, 0.05) is 6.42 Å². The van der Waals surface area contributed by atoms with Crippen molar-refractivity contribution in [1.29, 1.82) is 0 Å². The van der Waals surface area contributed by atoms with Crippen molar-refractivity contribution >= 4 is 5.78 Å². The fraction of sp³-hybridized carbons (Fsp3) is 0.786. The molecule has 0 aromatic heterocycles. The predicted octanol–water partition coefficient (Wildman–Crippen LogP) is 2.96. The van der Waals surface area contributed by atoms with Gasteiger partial charge in [-0.3, -0.25) is 4.79 Å². The molecule has 0 N–H and O–H groups in total. The molecule has 4 saturated carbocycles. The van der Waals surface area contributed by atoms with E-state index in [4.69, 9.17) is 0 Å². The van der Waals surface area contributed by atoms with Gasteiger partial charge in [-0.05, 0) is 60.3 Å². The first-order chi connectivity index (χ1) is 7.11. The van der Waals surface area contributed by atoms with E-state index in [1.165, 1.54) is 25.7 Å². The zero-order valence-electron chi connectivity index (χ0n) is 9.33. The molecule has 0 saturated heterocycles. The van der Waals surface area contributed by atoms with Crippen LogP contribution in [0.3, 0.4) is 0 Å². The van der Waals surface area contributed by atoms with Crippen LogP contribution >= 0.6 is 0 Å². The Morgan fingerprint density at radius 2 is 2.27 bits per heavy atom. The fourth-order valence-electron chi connectivity index (χ4n) is 5.55. The smallest absolute Gasteiger partial charge is 0.155 e. The van der Waals surface area contributed by atoms with Gasteiger partial charge in [-0.15, -0.1) is 0 Å². The van der Waals surface area contributed by atoms with Crippen molar-refractivity contribution in [3.05, 3.63) is 12.2 Å². The molecule has 80 valence electrons. The Balaban J connectivity index is 1.86. The van der Waals surface area contributed by atoms with E-state index < -0.39 is 0 Å². The van der Waals surface area contributed by atoms with Crippen molar-refractivity contribution in [1.82, 2.24) is 0 Å². The molecule has 0 radical (unpaired) electrons. The minimum absolute atomic E-state index is 0.379. The molecule has 5 aliphatic carbocycles. The normalized spacial score (nSPS) is 60.1. The van der Waals surface area contributed by atoms with E-state index in [9.17, 15) is 4.79 Å². The van der Waals surface area contributed by atoms with Crippen molar-refractivity contribution in [3.63, 3.8) is 0 Å². The molecule has 0 amide bonds. The number of ketones is 1. The number of hydrogen-bond donors (Lipinski definition) is 0. The van der Waals surface area contributed by atoms with Gasteiger partial charge in [-0.1, -0.05) is 13.0 Å². The van der Waals surface area contributed by atoms with E-state index in [0.717, 1.165) is 18.3 Å². The summed E-state index contributed by atoms with van der Waals surface area (Å²) in [6.45, 7) is 2.49. The molecule has 5 rings (SSSR count). The number of allylic oxidation sites excluding steroid dienone is 2. The lowest BCUT2D eigenvalue weighted by atomic mass is 9.56. The van der Waals surface area contributed by atoms with E-state index >= 15 is 0 Å². The molecule has 1 heteroatoms. The summed E-state index contributed by atoms with van der Waals surface area (Å²) in [7, 11) is 0. The number of carbonyl (C=O) groups is 1. The summed E-state index contributed by atoms with van der Waals surface area (Å²) in [5, 5.41) is 0. The Morgan fingerprint density at radius 1 is 1.40 bits per heavy atom. The molecule has 4 bridgehead atoms. The van der Waals surface area contributed by atoms with Crippen LogP contribution in [0.2, 0.25) is 0 Å². The minimum Gasteiger partial charge on any atom is -0.295 e. The molecule has 4 fully saturated rings. The monoisotopic (exact) mass is 202 g/mol. The second-order valence-electron chi connectivity index (χ2n) is 6.78. The summed E-state index contributed by atoms with van der Waals surface area (Å²) >= 11 is 0. The van der Waals surface area contributed by atoms with Gasteiger partial charge in [0.15, 0.2) is 5.78 Å². The molecule has 5 aliphatic rings. The number of rotatable bonds is 0. The SMILES string of the molecule is C[C@@]12C[C@H]3C[C@@H]1C[C@@]1(C=CC(=O)C[C@H]31)C2. The first kappa shape index (κ1) is 8.55. The van der Waals surface area contributed by atoms with Gasteiger partial charge in [0.2, 0.25) is 0 Å². The summed E-state index contributed by atoms with van der Waals surface area (Å²) in [4.78, 5) is 11.5. The van der Waals surface area contributed by atoms with E-state index in [1.54, 1.807) is 0 Å². The largest absolute Gasteiger partial charge is 0.295 e. The molecule has 0 heterocycles. The van der Waals surface area contributed by atoms with E-state index in [1.807, 2.05) is 6.08 Å². The topological polar surface area (TPSA) is 17.1 Å². The summed E-state index contributed by atoms with van der Waals surface area (Å²) in [6.07, 6.45) is 10.6. The Hall–Kier alpha value is -0.590. The van der Waals surface area contributed by atoms with Gasteiger partial charge >= 0.3 is 0 Å². The van der Waals surface area contributed by atoms with Gasteiger partial charge in [0.25, 0.3) is 0 Å². The second-order valence-corrected chi connectivity index (χ2v) is 6.78. The zero-order chi connectivity index (χ0) is 10.3. The molecule has 0 aromatic carbocycles. The molecule has 5 atom stereocenters. The third-order valence-electron chi connectivity index (χ3n) is 5.99. The van der Waals surface area contributed by atoms with Gasteiger partial charge in [-0.25, -0.2) is 0 Å². The van der Waals surface area contributed by atoms with E-state index in [2.05, 4.69) is 13.0 Å². The van der Waals surface area contributed by atoms with Gasteiger partial charge < -0.3 is 0 Å². The molecular formula is C14H18O. The van der Waals surface area contributed by atoms with Gasteiger partial charge in [0.1, 0.15) is 0 Å². The number of hydrogen-bond acceptors (Lipinski definition) is 1. The molecule has 0 aliphatic heterocycles. The molecule has 0 aromatic rings. The average Bonchev–Trinajstić information content (AvgIpc) is 2.54. The molecule has 15 heavy (non-hydrogen) atoms. The molecular weight excluding hydrogens is 184 g/mol. The van der Waals surface area contributed by atoms with E-state index in [0.29, 0.717) is 22.5 Å². The lowest BCUT2D eigenvalue weighted by Gasteiger charge is -2.47. The average molecular weight is 202 g/mol. The fourth-order valence-corrected chi connectivity index (χ4v) is 5.55. The quantitative estimate of drug-likeness (QED) is 0.590. The maximum atomic E-state index is 11.5. The van der Waals surface area contributed by atoms with Crippen LogP contribution in [0, 0.1) is 28.6 Å². The standard InChI is InChI=1S/C14H18O/c1-13-6-9-4-10(13)7-14(8-13)3-2-11(15)5-12(9)14/h2-3,9-10,12H,4-8H2,1H3/t9-,10-,12-,13+,14+/m1/s1. The van der Waals surface area contributed by atoms with Crippen molar-refractivity contribution in [2.75, 3.05) is 0 Å². The molecule has 0 unspecified atom stereocenters. The maximum absolute atomic E-state index is 11.5. The highest BCUT2D eigenvalue weighted by Gasteiger charge is 2.65. The van der Waals surface area contributed by atoms with Crippen LogP contribution in [0.15, 0.2) is 12.2 Å². The maximum Gasteiger partial charge on any atom is 0.155 e. The van der Waals surface area contributed by atoms with Gasteiger partial charge in [-0.2, -0.15) is 0 Å². The van der Waals surface area contributed by atoms with E-state index in [-0.39, 0.29) is 0 Å². The third kappa shape index (κ3) is 0.847. The Kier molecular flexibility index (Phi) is 1.27. The summed E-state index contributed by atoms with van der Waals surface area (Å²) in [6, 6.07) is 0. The van der Waals surface area contributed by atoms with Crippen LogP contribution in [-0.4, -0.2) is 5.78 Å². The van der Waals surface area contributed by atoms with Crippen LogP contribution in [0.25, 0.3) is 0 Å². The van der Waals surface area contributed by atoms with Crippen LogP contribution in [0.5, 0.6) is 0 Å². The predicted molar refractivity (Wildman–Crippen MR) is 58.2 cm³/mol. The highest BCUT2D eigenvalue weighted by molar-refractivity contribution is 5.91. The van der Waals surface area contributed by atoms with Crippen LogP contribution in [0.1, 0.15) is 39.0 Å². The van der Waals surface area contributed by atoms with Crippen molar-refractivity contribution < 1.29 is 4.79 Å². The first-order valence-electron chi connectivity index (χ1n) is 6.33. The molecule has 1 nitrogen and oxygen atoms in total. The third-order valence-corrected chi connectivity index (χ3v) is 5.99. The molecule has 1 spiro atoms. The lowest BCUT2D eigenvalue weighted by molar-refractivity contribution is -0.118. The summed E-state index contributed by atoms with van der Waals surface area (Å²) in [5.74, 6) is 2.93. The first-order valence-corrected chi connectivity index (χ1v) is 6.33. The number of carbonyl (C=O) groups excluding carboxylic acids is 1. The van der Waals surface area contributed by atoms with Crippen molar-refractivity contribution in [2.45, 2.75) is 39.0 Å². The zero-order valence-corrected chi connectivity index (χ0v) is 9.33. The highest BCUT2D eigenvalue weighted by atomic mass is 16.1. The van der Waals surface area contributed by atoms with Crippen LogP contribution in [-0.2, 0) is 4.79 Å². The summed E-state index contributed by atoms with van der Waals surface area (Å²) in [5.41, 5.74) is 1.08. The minimum atomic E-state index is 0.379. The van der Waals surface area contributed by atoms with Gasteiger partial charge in [0.05, 0.1) is 0 Å². The Labute approximate surface area is 90.9 Å².